The van der Waals surface area contributed by atoms with Gasteiger partial charge in [0.1, 0.15) is 17.3 Å². The van der Waals surface area contributed by atoms with Crippen molar-refractivity contribution in [2.24, 2.45) is 4.74 Å². The molecule has 0 amide bonds. The Hall–Kier alpha value is -3.16. The Balaban J connectivity index is 2.16. The Morgan fingerprint density at radius 1 is 0.607 bits per heavy atom. The molecule has 4 aromatic rings. The Morgan fingerprint density at radius 2 is 1.04 bits per heavy atom. The summed E-state index contributed by atoms with van der Waals surface area (Å²) in [6.45, 7) is 0. The fraction of sp³-hybridized carbons (Fsp3) is 0. The molecular weight excluding hydrogens is 368 g/mol. The molecule has 0 aliphatic rings. The van der Waals surface area contributed by atoms with Crippen LogP contribution in [0, 0.1) is 5.82 Å². The lowest BCUT2D eigenvalue weighted by Gasteiger charge is -2.27. The van der Waals surface area contributed by atoms with Gasteiger partial charge in [0.05, 0.1) is 7.05 Å². The van der Waals surface area contributed by atoms with Gasteiger partial charge in [0, 0.05) is 22.0 Å². The molecule has 0 atom stereocenters. The van der Waals surface area contributed by atoms with Gasteiger partial charge in [-0.25, -0.2) is 9.14 Å². The molecule has 0 radical (unpaired) electrons. The van der Waals surface area contributed by atoms with E-state index >= 15 is 0 Å². The first-order chi connectivity index (χ1) is 13.7. The van der Waals surface area contributed by atoms with E-state index in [0.717, 1.165) is 15.9 Å². The van der Waals surface area contributed by atoms with Crippen LogP contribution >= 0.6 is 7.05 Å². The highest BCUT2D eigenvalue weighted by molar-refractivity contribution is 7.87. The lowest BCUT2D eigenvalue weighted by atomic mass is 10.3. The second kappa shape index (κ2) is 7.84. The van der Waals surface area contributed by atoms with Crippen molar-refractivity contribution in [2.75, 3.05) is 0 Å². The molecule has 4 heteroatoms. The maximum Gasteiger partial charge on any atom is 0.141 e. The lowest BCUT2D eigenvalue weighted by molar-refractivity contribution is 0.475. The molecule has 138 valence electrons. The third kappa shape index (κ3) is 3.37. The molecule has 28 heavy (non-hydrogen) atoms. The van der Waals surface area contributed by atoms with Gasteiger partial charge in [0.25, 0.3) is 0 Å². The lowest BCUT2D eigenvalue weighted by Crippen LogP contribution is -2.25. The zero-order valence-corrected chi connectivity index (χ0v) is 16.0. The van der Waals surface area contributed by atoms with Gasteiger partial charge in [0.2, 0.25) is 0 Å². The van der Waals surface area contributed by atoms with Crippen molar-refractivity contribution in [3.63, 3.8) is 0 Å². The largest absolute Gasteiger partial charge is 0.506 e. The highest BCUT2D eigenvalue weighted by atomic mass is 31.2. The molecule has 0 heterocycles. The molecular formula is C24H19FNOP. The van der Waals surface area contributed by atoms with Crippen LogP contribution < -0.4 is 15.9 Å². The molecule has 0 aliphatic carbocycles. The highest BCUT2D eigenvalue weighted by Gasteiger charge is 2.27. The zero-order chi connectivity index (χ0) is 19.4. The topological polar surface area (TPSA) is 32.6 Å². The van der Waals surface area contributed by atoms with Gasteiger partial charge in [-0.05, 0) is 12.1 Å². The van der Waals surface area contributed by atoms with Crippen molar-refractivity contribution >= 4 is 28.7 Å². The molecule has 1 N–H and O–H groups in total. The second-order valence-electron chi connectivity index (χ2n) is 6.38. The van der Waals surface area contributed by atoms with E-state index in [1.165, 1.54) is 18.2 Å². The van der Waals surface area contributed by atoms with Crippen molar-refractivity contribution in [3.8, 4) is 5.75 Å². The zero-order valence-electron chi connectivity index (χ0n) is 15.1. The highest BCUT2D eigenvalue weighted by Crippen LogP contribution is 2.50. The fourth-order valence-electron chi connectivity index (χ4n) is 3.29. The van der Waals surface area contributed by atoms with Gasteiger partial charge in [-0.1, -0.05) is 91.0 Å². The van der Waals surface area contributed by atoms with Crippen LogP contribution in [-0.4, -0.2) is 5.11 Å². The SMILES string of the molecule is Oc1ccc(F)cc1N=P(c1ccccc1)(c1ccccc1)c1ccccc1. The Morgan fingerprint density at radius 3 is 1.46 bits per heavy atom. The maximum atomic E-state index is 14.0. The summed E-state index contributed by atoms with van der Waals surface area (Å²) in [5, 5.41) is 13.5. The number of rotatable bonds is 4. The minimum Gasteiger partial charge on any atom is -0.506 e. The minimum atomic E-state index is -2.52. The van der Waals surface area contributed by atoms with E-state index in [1.54, 1.807) is 0 Å². The van der Waals surface area contributed by atoms with Gasteiger partial charge in [-0.2, -0.15) is 0 Å². The number of phenolic OH excluding ortho intramolecular Hbond substituents is 1. The van der Waals surface area contributed by atoms with Crippen LogP contribution in [0.15, 0.2) is 114 Å². The number of hydrogen-bond acceptors (Lipinski definition) is 2. The number of phenols is 1. The standard InChI is InChI=1S/C24H19FNOP/c25-19-16-17-24(27)23(18-19)26-28(20-10-4-1-5-11-20,21-12-6-2-7-13-21)22-14-8-3-9-15-22/h1-18,27H. The van der Waals surface area contributed by atoms with E-state index in [2.05, 4.69) is 0 Å². The molecule has 4 aromatic carbocycles. The van der Waals surface area contributed by atoms with Crippen molar-refractivity contribution in [2.45, 2.75) is 0 Å². The summed E-state index contributed by atoms with van der Waals surface area (Å²) in [5.41, 5.74) is 0.255. The van der Waals surface area contributed by atoms with Crippen molar-refractivity contribution < 1.29 is 9.50 Å². The fourth-order valence-corrected chi connectivity index (χ4v) is 6.82. The van der Waals surface area contributed by atoms with E-state index in [9.17, 15) is 9.50 Å². The Labute approximate surface area is 164 Å². The van der Waals surface area contributed by atoms with Gasteiger partial charge >= 0.3 is 0 Å². The number of aromatic hydroxyl groups is 1. The molecule has 2 nitrogen and oxygen atoms in total. The molecule has 0 spiro atoms. The molecule has 0 unspecified atom stereocenters. The van der Waals surface area contributed by atoms with Gasteiger partial charge in [0.15, 0.2) is 0 Å². The van der Waals surface area contributed by atoms with E-state index in [-0.39, 0.29) is 11.4 Å². The van der Waals surface area contributed by atoms with Crippen molar-refractivity contribution in [1.29, 1.82) is 0 Å². The third-order valence-electron chi connectivity index (χ3n) is 4.58. The first-order valence-electron chi connectivity index (χ1n) is 8.98. The summed E-state index contributed by atoms with van der Waals surface area (Å²) >= 11 is 0. The summed E-state index contributed by atoms with van der Waals surface area (Å²) in [7, 11) is -2.52. The number of benzene rings is 4. The predicted octanol–water partition coefficient (Wildman–Crippen LogP) is 5.34. The summed E-state index contributed by atoms with van der Waals surface area (Å²) in [4.78, 5) is 0. The predicted molar refractivity (Wildman–Crippen MR) is 115 cm³/mol. The van der Waals surface area contributed by atoms with E-state index in [1.807, 2.05) is 91.0 Å². The maximum absolute atomic E-state index is 14.0. The first kappa shape index (κ1) is 18.2. The molecule has 0 bridgehead atoms. The van der Waals surface area contributed by atoms with E-state index < -0.39 is 12.9 Å². The first-order valence-corrected chi connectivity index (χ1v) is 10.7. The van der Waals surface area contributed by atoms with Crippen LogP contribution in [-0.2, 0) is 0 Å². The molecule has 0 aliphatic heterocycles. The summed E-state index contributed by atoms with van der Waals surface area (Å²) in [6.07, 6.45) is 0. The van der Waals surface area contributed by atoms with Crippen LogP contribution in [0.3, 0.4) is 0 Å². The van der Waals surface area contributed by atoms with Crippen LogP contribution in [0.2, 0.25) is 0 Å². The average Bonchev–Trinajstić information content (AvgIpc) is 2.76. The van der Waals surface area contributed by atoms with Crippen molar-refractivity contribution in [3.05, 3.63) is 115 Å². The Kier molecular flexibility index (Phi) is 5.10. The van der Waals surface area contributed by atoms with Gasteiger partial charge in [-0.15, -0.1) is 0 Å². The summed E-state index contributed by atoms with van der Waals surface area (Å²) in [5.74, 6) is -0.461. The number of hydrogen-bond donors (Lipinski definition) is 1. The Bertz CT molecular complexity index is 1030. The smallest absolute Gasteiger partial charge is 0.141 e. The summed E-state index contributed by atoms with van der Waals surface area (Å²) < 4.78 is 19.1. The monoisotopic (exact) mass is 387 g/mol. The molecule has 0 fully saturated rings. The molecule has 0 saturated carbocycles. The summed E-state index contributed by atoms with van der Waals surface area (Å²) in [6, 6.07) is 34.0. The van der Waals surface area contributed by atoms with Crippen LogP contribution in [0.5, 0.6) is 5.75 Å². The molecule has 4 rings (SSSR count). The third-order valence-corrected chi connectivity index (χ3v) is 8.24. The number of nitrogens with zero attached hydrogens (tertiary/aromatic N) is 1. The molecule has 0 saturated heterocycles. The van der Waals surface area contributed by atoms with E-state index in [4.69, 9.17) is 4.74 Å². The average molecular weight is 387 g/mol. The van der Waals surface area contributed by atoms with Crippen LogP contribution in [0.4, 0.5) is 10.1 Å². The van der Waals surface area contributed by atoms with Gasteiger partial charge < -0.3 is 5.11 Å². The second-order valence-corrected chi connectivity index (χ2v) is 9.40. The molecule has 0 aromatic heterocycles. The van der Waals surface area contributed by atoms with Gasteiger partial charge in [-0.3, -0.25) is 0 Å². The minimum absolute atomic E-state index is 0.0337. The quantitative estimate of drug-likeness (QED) is 0.471. The van der Waals surface area contributed by atoms with Crippen molar-refractivity contribution in [1.82, 2.24) is 0 Å². The van der Waals surface area contributed by atoms with Crippen LogP contribution in [0.25, 0.3) is 0 Å². The van der Waals surface area contributed by atoms with Crippen LogP contribution in [0.1, 0.15) is 0 Å². The number of halogens is 1. The normalized spacial score (nSPS) is 11.2. The van der Waals surface area contributed by atoms with E-state index in [0.29, 0.717) is 0 Å².